The molecule has 0 unspecified atom stereocenters. The number of primary sulfonamides is 1. The predicted molar refractivity (Wildman–Crippen MR) is 70.1 cm³/mol. The van der Waals surface area contributed by atoms with Gasteiger partial charge in [0.2, 0.25) is 15.9 Å². The normalized spacial score (nSPS) is 12.8. The van der Waals surface area contributed by atoms with Crippen LogP contribution in [0.2, 0.25) is 0 Å². The molecule has 1 aromatic heterocycles. The van der Waals surface area contributed by atoms with E-state index in [2.05, 4.69) is 4.98 Å². The maximum absolute atomic E-state index is 11.6. The molecule has 0 aliphatic heterocycles. The Hall–Kier alpha value is -1.14. The van der Waals surface area contributed by atoms with Gasteiger partial charge in [0.25, 0.3) is 0 Å². The van der Waals surface area contributed by atoms with Crippen molar-refractivity contribution < 1.29 is 13.2 Å². The van der Waals surface area contributed by atoms with Crippen LogP contribution in [0.3, 0.4) is 0 Å². The van der Waals surface area contributed by atoms with Crippen molar-refractivity contribution in [2.75, 3.05) is 0 Å². The van der Waals surface area contributed by atoms with Gasteiger partial charge in [0.15, 0.2) is 0 Å². The molecule has 0 aliphatic carbocycles. The Kier molecular flexibility index (Phi) is 4.02. The Morgan fingerprint density at radius 2 is 1.89 bits per heavy atom. The van der Waals surface area contributed by atoms with Crippen molar-refractivity contribution in [1.82, 2.24) is 4.98 Å². The zero-order valence-electron chi connectivity index (χ0n) is 11.4. The second-order valence-electron chi connectivity index (χ2n) is 5.49. The zero-order chi connectivity index (χ0) is 14.1. The second kappa shape index (κ2) is 4.85. The fourth-order valence-electron chi connectivity index (χ4n) is 1.36. The van der Waals surface area contributed by atoms with E-state index in [9.17, 15) is 8.42 Å². The maximum Gasteiger partial charge on any atom is 0.243 e. The van der Waals surface area contributed by atoms with Crippen LogP contribution in [0.25, 0.3) is 0 Å². The van der Waals surface area contributed by atoms with Crippen molar-refractivity contribution in [2.45, 2.75) is 51.0 Å². The molecule has 0 fully saturated rings. The number of pyridine rings is 1. The average molecular weight is 272 g/mol. The third-order valence-corrected chi connectivity index (χ3v) is 3.24. The molecule has 18 heavy (non-hydrogen) atoms. The average Bonchev–Trinajstić information content (AvgIpc) is 2.13. The molecule has 0 amide bonds. The first kappa shape index (κ1) is 14.9. The van der Waals surface area contributed by atoms with Crippen molar-refractivity contribution in [2.24, 2.45) is 5.14 Å². The molecule has 1 aromatic rings. The highest BCUT2D eigenvalue weighted by molar-refractivity contribution is 7.89. The summed E-state index contributed by atoms with van der Waals surface area (Å²) >= 11 is 0. The zero-order valence-corrected chi connectivity index (χ0v) is 12.2. The van der Waals surface area contributed by atoms with Gasteiger partial charge in [-0.2, -0.15) is 0 Å². The van der Waals surface area contributed by atoms with Crippen LogP contribution in [-0.2, 0) is 15.4 Å². The van der Waals surface area contributed by atoms with Crippen molar-refractivity contribution in [3.63, 3.8) is 0 Å². The Morgan fingerprint density at radius 3 is 2.28 bits per heavy atom. The van der Waals surface area contributed by atoms with E-state index in [1.54, 1.807) is 20.0 Å². The van der Waals surface area contributed by atoms with Crippen LogP contribution >= 0.6 is 0 Å². The molecule has 2 N–H and O–H groups in total. The van der Waals surface area contributed by atoms with Gasteiger partial charge < -0.3 is 4.74 Å². The standard InChI is InChI=1S/C12H20N2O3S/c1-8(2)17-11-10(18(13,15)16)6-9(7-14-11)12(3,4)5/h6-8H,1-5H3,(H2,13,15,16). The lowest BCUT2D eigenvalue weighted by atomic mass is 9.88. The Labute approximate surface area is 108 Å². The minimum atomic E-state index is -3.85. The van der Waals surface area contributed by atoms with E-state index in [1.807, 2.05) is 20.8 Å². The number of hydrogen-bond donors (Lipinski definition) is 1. The fourth-order valence-corrected chi connectivity index (χ4v) is 1.99. The Morgan fingerprint density at radius 1 is 1.33 bits per heavy atom. The van der Waals surface area contributed by atoms with Gasteiger partial charge in [-0.3, -0.25) is 0 Å². The van der Waals surface area contributed by atoms with Crippen LogP contribution in [0.1, 0.15) is 40.2 Å². The first-order valence-electron chi connectivity index (χ1n) is 5.72. The van der Waals surface area contributed by atoms with Gasteiger partial charge >= 0.3 is 0 Å². The van der Waals surface area contributed by atoms with E-state index in [0.717, 1.165) is 5.56 Å². The number of hydrogen-bond acceptors (Lipinski definition) is 4. The molecule has 5 nitrogen and oxygen atoms in total. The van der Waals surface area contributed by atoms with Crippen molar-refractivity contribution >= 4 is 10.0 Å². The van der Waals surface area contributed by atoms with E-state index in [4.69, 9.17) is 9.88 Å². The van der Waals surface area contributed by atoms with Gasteiger partial charge in [0.1, 0.15) is 4.90 Å². The van der Waals surface area contributed by atoms with E-state index >= 15 is 0 Å². The lowest BCUT2D eigenvalue weighted by Gasteiger charge is -2.20. The molecule has 0 atom stereocenters. The number of ether oxygens (including phenoxy) is 1. The van der Waals surface area contributed by atoms with Crippen LogP contribution in [0.4, 0.5) is 0 Å². The Bertz CT molecular complexity index is 531. The summed E-state index contributed by atoms with van der Waals surface area (Å²) in [5.74, 6) is 0.0560. The summed E-state index contributed by atoms with van der Waals surface area (Å²) in [6.07, 6.45) is 1.45. The van der Waals surface area contributed by atoms with Gasteiger partial charge in [0.05, 0.1) is 6.10 Å². The minimum Gasteiger partial charge on any atom is -0.474 e. The highest BCUT2D eigenvalue weighted by atomic mass is 32.2. The quantitative estimate of drug-likeness (QED) is 0.909. The topological polar surface area (TPSA) is 82.3 Å². The van der Waals surface area contributed by atoms with E-state index < -0.39 is 10.0 Å². The summed E-state index contributed by atoms with van der Waals surface area (Å²) in [6, 6.07) is 1.53. The molecule has 0 aliphatic rings. The van der Waals surface area contributed by atoms with E-state index in [1.165, 1.54) is 6.07 Å². The van der Waals surface area contributed by atoms with E-state index in [0.29, 0.717) is 0 Å². The molecule has 1 rings (SSSR count). The van der Waals surface area contributed by atoms with Crippen LogP contribution in [0.15, 0.2) is 17.2 Å². The maximum atomic E-state index is 11.6. The van der Waals surface area contributed by atoms with Crippen molar-refractivity contribution in [1.29, 1.82) is 0 Å². The minimum absolute atomic E-state index is 0.0560. The van der Waals surface area contributed by atoms with Crippen molar-refractivity contribution in [3.05, 3.63) is 17.8 Å². The molecule has 0 aromatic carbocycles. The van der Waals surface area contributed by atoms with Crippen LogP contribution in [0, 0.1) is 0 Å². The summed E-state index contributed by atoms with van der Waals surface area (Å²) < 4.78 is 28.5. The van der Waals surface area contributed by atoms with Gasteiger partial charge in [-0.15, -0.1) is 0 Å². The summed E-state index contributed by atoms with van der Waals surface area (Å²) in [4.78, 5) is 4.00. The third-order valence-electron chi connectivity index (χ3n) is 2.34. The molecule has 1 heterocycles. The molecule has 0 spiro atoms. The SMILES string of the molecule is CC(C)Oc1ncc(C(C)(C)C)cc1S(N)(=O)=O. The summed E-state index contributed by atoms with van der Waals surface area (Å²) in [5, 5.41) is 5.20. The lowest BCUT2D eigenvalue weighted by molar-refractivity contribution is 0.225. The summed E-state index contributed by atoms with van der Waals surface area (Å²) in [6.45, 7) is 9.51. The number of nitrogens with two attached hydrogens (primary N) is 1. The first-order valence-corrected chi connectivity index (χ1v) is 7.26. The van der Waals surface area contributed by atoms with Crippen LogP contribution in [-0.4, -0.2) is 19.5 Å². The second-order valence-corrected chi connectivity index (χ2v) is 7.02. The number of sulfonamides is 1. The summed E-state index contributed by atoms with van der Waals surface area (Å²) in [7, 11) is -3.85. The molecular formula is C12H20N2O3S. The highest BCUT2D eigenvalue weighted by Gasteiger charge is 2.22. The molecule has 0 saturated carbocycles. The van der Waals surface area contributed by atoms with Crippen LogP contribution < -0.4 is 9.88 Å². The number of aromatic nitrogens is 1. The van der Waals surface area contributed by atoms with Gasteiger partial charge in [0, 0.05) is 6.20 Å². The van der Waals surface area contributed by atoms with Gasteiger partial charge in [-0.05, 0) is 30.9 Å². The van der Waals surface area contributed by atoms with E-state index in [-0.39, 0.29) is 22.3 Å². The summed E-state index contributed by atoms with van der Waals surface area (Å²) in [5.41, 5.74) is 0.589. The third kappa shape index (κ3) is 3.68. The highest BCUT2D eigenvalue weighted by Crippen LogP contribution is 2.28. The molecule has 6 heteroatoms. The van der Waals surface area contributed by atoms with Gasteiger partial charge in [-0.1, -0.05) is 20.8 Å². The smallest absolute Gasteiger partial charge is 0.243 e. The molecule has 0 radical (unpaired) electrons. The molecule has 0 saturated heterocycles. The Balaban J connectivity index is 3.40. The van der Waals surface area contributed by atoms with Crippen LogP contribution in [0.5, 0.6) is 5.88 Å². The lowest BCUT2D eigenvalue weighted by Crippen LogP contribution is -2.19. The largest absolute Gasteiger partial charge is 0.474 e. The van der Waals surface area contributed by atoms with Crippen molar-refractivity contribution in [3.8, 4) is 5.88 Å². The molecule has 102 valence electrons. The molecular weight excluding hydrogens is 252 g/mol. The predicted octanol–water partition coefficient (Wildman–Crippen LogP) is 1.81. The fraction of sp³-hybridized carbons (Fsp3) is 0.583. The first-order chi connectivity index (χ1) is 8.01. The molecule has 0 bridgehead atoms. The van der Waals surface area contributed by atoms with Gasteiger partial charge in [-0.25, -0.2) is 18.5 Å². The number of nitrogens with zero attached hydrogens (tertiary/aromatic N) is 1. The monoisotopic (exact) mass is 272 g/mol. The number of rotatable bonds is 3.